The van der Waals surface area contributed by atoms with Crippen LogP contribution in [0.4, 0.5) is 0 Å². The number of rotatable bonds is 0. The summed E-state index contributed by atoms with van der Waals surface area (Å²) in [7, 11) is 0. The van der Waals surface area contributed by atoms with Crippen LogP contribution in [0.25, 0.3) is 75.4 Å². The van der Waals surface area contributed by atoms with Gasteiger partial charge in [-0.15, -0.1) is 11.3 Å². The summed E-state index contributed by atoms with van der Waals surface area (Å²) in [4.78, 5) is 0. The molecule has 0 saturated heterocycles. The summed E-state index contributed by atoms with van der Waals surface area (Å²) in [5.41, 5.74) is 6.89. The molecule has 0 saturated carbocycles. The quantitative estimate of drug-likeness (QED) is 0.213. The number of benzene rings is 6. The largest absolute Gasteiger partial charge is 0.144 e. The lowest BCUT2D eigenvalue weighted by molar-refractivity contribution is 1.60. The van der Waals surface area contributed by atoms with E-state index in [9.17, 15) is 0 Å². The molecule has 1 heteroatoms. The molecular formula is C31H18S. The third-order valence-electron chi connectivity index (χ3n) is 7.37. The number of hydrogen-bond donors (Lipinski definition) is 0. The van der Waals surface area contributed by atoms with E-state index in [-0.39, 0.29) is 0 Å². The molecule has 7 aromatic rings. The maximum Gasteiger partial charge on any atom is 0.0352 e. The fourth-order valence-corrected chi connectivity index (χ4v) is 6.83. The third kappa shape index (κ3) is 1.98. The minimum atomic E-state index is 1.30. The maximum absolute atomic E-state index is 2.45. The maximum atomic E-state index is 2.45. The highest BCUT2D eigenvalue weighted by Gasteiger charge is 2.24. The van der Waals surface area contributed by atoms with Crippen molar-refractivity contribution in [1.82, 2.24) is 0 Å². The third-order valence-corrected chi connectivity index (χ3v) is 8.43. The van der Waals surface area contributed by atoms with Crippen molar-refractivity contribution in [3.05, 3.63) is 95.9 Å². The number of thiophene rings is 1. The molecule has 0 amide bonds. The highest BCUT2D eigenvalue weighted by atomic mass is 32.1. The topological polar surface area (TPSA) is 0 Å². The number of hydrogen-bond acceptors (Lipinski definition) is 1. The van der Waals surface area contributed by atoms with Gasteiger partial charge in [0.25, 0.3) is 0 Å². The van der Waals surface area contributed by atoms with Crippen molar-refractivity contribution in [3.63, 3.8) is 0 Å². The molecule has 0 nitrogen and oxygen atoms in total. The Morgan fingerprint density at radius 1 is 0.500 bits per heavy atom. The van der Waals surface area contributed by atoms with Gasteiger partial charge in [0.1, 0.15) is 0 Å². The zero-order valence-corrected chi connectivity index (χ0v) is 18.4. The lowest BCUT2D eigenvalue weighted by Gasteiger charge is -2.12. The van der Waals surface area contributed by atoms with E-state index < -0.39 is 0 Å². The zero-order valence-electron chi connectivity index (χ0n) is 17.6. The molecule has 1 aliphatic rings. The average molecular weight is 423 g/mol. The van der Waals surface area contributed by atoms with Crippen LogP contribution in [-0.2, 0) is 0 Å². The number of aryl methyl sites for hydroxylation is 1. The Labute approximate surface area is 189 Å². The second-order valence-corrected chi connectivity index (χ2v) is 9.92. The van der Waals surface area contributed by atoms with E-state index in [2.05, 4.69) is 97.2 Å². The predicted molar refractivity (Wildman–Crippen MR) is 141 cm³/mol. The van der Waals surface area contributed by atoms with Crippen LogP contribution in [-0.4, -0.2) is 0 Å². The predicted octanol–water partition coefficient (Wildman–Crippen LogP) is 9.47. The highest BCUT2D eigenvalue weighted by molar-refractivity contribution is 7.17. The van der Waals surface area contributed by atoms with Gasteiger partial charge in [-0.3, -0.25) is 0 Å². The Hall–Kier alpha value is -3.68. The summed E-state index contributed by atoms with van der Waals surface area (Å²) in [6.07, 6.45) is 0. The molecule has 0 radical (unpaired) electrons. The summed E-state index contributed by atoms with van der Waals surface area (Å²) in [5, 5.41) is 14.4. The van der Waals surface area contributed by atoms with Crippen LogP contribution in [0, 0.1) is 6.92 Å². The second kappa shape index (κ2) is 5.76. The van der Waals surface area contributed by atoms with E-state index in [0.29, 0.717) is 0 Å². The van der Waals surface area contributed by atoms with Gasteiger partial charge in [-0.1, -0.05) is 66.7 Å². The van der Waals surface area contributed by atoms with E-state index in [0.717, 1.165) is 0 Å². The minimum absolute atomic E-state index is 1.30. The molecular weight excluding hydrogens is 404 g/mol. The van der Waals surface area contributed by atoms with Crippen LogP contribution in [0.5, 0.6) is 0 Å². The molecule has 0 N–H and O–H groups in total. The molecule has 0 unspecified atom stereocenters. The molecule has 6 aromatic carbocycles. The summed E-state index contributed by atoms with van der Waals surface area (Å²) in [6, 6.07) is 32.1. The van der Waals surface area contributed by atoms with Gasteiger partial charge in [-0.2, -0.15) is 0 Å². The molecule has 0 fully saturated rings. The van der Waals surface area contributed by atoms with Crippen LogP contribution >= 0.6 is 11.3 Å². The first-order chi connectivity index (χ1) is 15.8. The summed E-state index contributed by atoms with van der Waals surface area (Å²) >= 11 is 1.86. The smallest absolute Gasteiger partial charge is 0.0352 e. The van der Waals surface area contributed by atoms with Crippen LogP contribution in [0.15, 0.2) is 90.3 Å². The van der Waals surface area contributed by atoms with Gasteiger partial charge in [-0.05, 0) is 107 Å². The van der Waals surface area contributed by atoms with Crippen molar-refractivity contribution < 1.29 is 0 Å². The molecule has 0 bridgehead atoms. The minimum Gasteiger partial charge on any atom is -0.144 e. The van der Waals surface area contributed by atoms with Crippen molar-refractivity contribution in [2.24, 2.45) is 0 Å². The monoisotopic (exact) mass is 422 g/mol. The van der Waals surface area contributed by atoms with Crippen molar-refractivity contribution in [2.75, 3.05) is 0 Å². The van der Waals surface area contributed by atoms with Crippen molar-refractivity contribution in [1.29, 1.82) is 0 Å². The average Bonchev–Trinajstić information content (AvgIpc) is 3.36. The summed E-state index contributed by atoms with van der Waals surface area (Å²) in [6.45, 7) is 2.22. The van der Waals surface area contributed by atoms with Crippen LogP contribution < -0.4 is 0 Å². The van der Waals surface area contributed by atoms with Crippen molar-refractivity contribution >= 4 is 64.5 Å². The van der Waals surface area contributed by atoms with E-state index in [1.165, 1.54) is 81.0 Å². The lowest BCUT2D eigenvalue weighted by atomic mass is 9.91. The Morgan fingerprint density at radius 3 is 2.16 bits per heavy atom. The molecule has 0 aliphatic heterocycles. The summed E-state index contributed by atoms with van der Waals surface area (Å²) < 4.78 is 1.38. The van der Waals surface area contributed by atoms with Gasteiger partial charge in [-0.25, -0.2) is 0 Å². The van der Waals surface area contributed by atoms with Gasteiger partial charge in [0, 0.05) is 4.70 Å². The highest BCUT2D eigenvalue weighted by Crippen LogP contribution is 2.52. The first kappa shape index (κ1) is 16.9. The van der Waals surface area contributed by atoms with Gasteiger partial charge in [0.15, 0.2) is 0 Å². The molecule has 1 aromatic heterocycles. The molecule has 1 heterocycles. The van der Waals surface area contributed by atoms with Crippen molar-refractivity contribution in [3.8, 4) is 22.3 Å². The zero-order chi connectivity index (χ0) is 21.0. The van der Waals surface area contributed by atoms with E-state index >= 15 is 0 Å². The first-order valence-corrected chi connectivity index (χ1v) is 12.0. The SMILES string of the molecule is Cc1csc2cc3c(cc12)-c1cccc2c1c-3cc1c2ccc2c3ccccc3ccc21. The van der Waals surface area contributed by atoms with Gasteiger partial charge < -0.3 is 0 Å². The summed E-state index contributed by atoms with van der Waals surface area (Å²) in [5.74, 6) is 0. The normalized spacial score (nSPS) is 12.5. The van der Waals surface area contributed by atoms with Crippen LogP contribution in [0.1, 0.15) is 5.56 Å². The fraction of sp³-hybridized carbons (Fsp3) is 0.0323. The van der Waals surface area contributed by atoms with Gasteiger partial charge in [0.05, 0.1) is 0 Å². The van der Waals surface area contributed by atoms with Crippen LogP contribution in [0.2, 0.25) is 0 Å². The van der Waals surface area contributed by atoms with Crippen LogP contribution in [0.3, 0.4) is 0 Å². The van der Waals surface area contributed by atoms with Gasteiger partial charge in [0.2, 0.25) is 0 Å². The molecule has 32 heavy (non-hydrogen) atoms. The molecule has 148 valence electrons. The Morgan fingerprint density at radius 2 is 1.22 bits per heavy atom. The van der Waals surface area contributed by atoms with E-state index in [1.807, 2.05) is 11.3 Å². The Kier molecular flexibility index (Phi) is 3.05. The Balaban J connectivity index is 1.58. The van der Waals surface area contributed by atoms with E-state index in [4.69, 9.17) is 0 Å². The standard InChI is InChI=1S/C31H18S/c1-17-16-32-30-15-28-27(13-25(17)30)24-8-4-7-23-22-12-11-20-19-6-3-2-5-18(19)9-10-21(20)26(22)14-29(28)31(23)24/h2-16H,1H3. The lowest BCUT2D eigenvalue weighted by Crippen LogP contribution is -1.84. The molecule has 0 atom stereocenters. The molecule has 1 aliphatic carbocycles. The van der Waals surface area contributed by atoms with Crippen molar-refractivity contribution in [2.45, 2.75) is 6.92 Å². The number of fused-ring (bicyclic) bond motifs is 10. The first-order valence-electron chi connectivity index (χ1n) is 11.1. The Bertz CT molecular complexity index is 1930. The van der Waals surface area contributed by atoms with E-state index in [1.54, 1.807) is 0 Å². The fourth-order valence-electron chi connectivity index (χ4n) is 5.87. The molecule has 8 rings (SSSR count). The molecule has 0 spiro atoms. The second-order valence-electron chi connectivity index (χ2n) is 9.01. The van der Waals surface area contributed by atoms with Gasteiger partial charge >= 0.3 is 0 Å².